The van der Waals surface area contributed by atoms with Crippen molar-refractivity contribution in [2.75, 3.05) is 11.9 Å². The largest absolute Gasteiger partial charge is 0.382 e. The molecule has 1 saturated heterocycles. The first-order chi connectivity index (χ1) is 7.96. The topological polar surface area (TPSA) is 21.3 Å². The molecule has 1 aromatic rings. The van der Waals surface area contributed by atoms with E-state index in [4.69, 9.17) is 4.74 Å². The molecule has 0 saturated carbocycles. The van der Waals surface area contributed by atoms with Gasteiger partial charge in [-0.15, -0.1) is 0 Å². The Morgan fingerprint density at radius 2 is 2.29 bits per heavy atom. The normalized spacial score (nSPS) is 22.7. The van der Waals surface area contributed by atoms with Gasteiger partial charge in [-0.05, 0) is 67.5 Å². The van der Waals surface area contributed by atoms with Gasteiger partial charge in [0.15, 0.2) is 0 Å². The lowest BCUT2D eigenvalue weighted by atomic mass is 10.1. The van der Waals surface area contributed by atoms with Crippen LogP contribution in [0.2, 0.25) is 0 Å². The Morgan fingerprint density at radius 3 is 2.88 bits per heavy atom. The van der Waals surface area contributed by atoms with Gasteiger partial charge in [0.1, 0.15) is 5.82 Å². The van der Waals surface area contributed by atoms with Crippen LogP contribution in [0.3, 0.4) is 0 Å². The van der Waals surface area contributed by atoms with Crippen molar-refractivity contribution in [3.05, 3.63) is 27.6 Å². The Hall–Kier alpha value is -0.360. The van der Waals surface area contributed by atoms with Crippen LogP contribution < -0.4 is 5.32 Å². The summed E-state index contributed by atoms with van der Waals surface area (Å²) in [5.74, 6) is -0.196. The summed E-state index contributed by atoms with van der Waals surface area (Å²) in [6.07, 6.45) is 2.43. The van der Waals surface area contributed by atoms with Gasteiger partial charge in [-0.25, -0.2) is 4.39 Å². The van der Waals surface area contributed by atoms with E-state index in [9.17, 15) is 4.39 Å². The first kappa shape index (κ1) is 13.1. The highest BCUT2D eigenvalue weighted by Crippen LogP contribution is 2.29. The van der Waals surface area contributed by atoms with Crippen molar-refractivity contribution in [1.29, 1.82) is 0 Å². The number of nitrogens with one attached hydrogen (secondary N) is 1. The van der Waals surface area contributed by atoms with Crippen LogP contribution in [0.25, 0.3) is 0 Å². The molecule has 2 nitrogen and oxygen atoms in total. The average molecular weight is 349 g/mol. The van der Waals surface area contributed by atoms with Gasteiger partial charge in [0.25, 0.3) is 0 Å². The van der Waals surface area contributed by atoms with Gasteiger partial charge in [0.2, 0.25) is 0 Å². The van der Waals surface area contributed by atoms with E-state index in [1.54, 1.807) is 6.07 Å². The van der Waals surface area contributed by atoms with E-state index >= 15 is 0 Å². The van der Waals surface area contributed by atoms with E-state index < -0.39 is 0 Å². The molecule has 4 heteroatoms. The number of halogens is 2. The summed E-state index contributed by atoms with van der Waals surface area (Å²) in [6.45, 7) is 5.02. The maximum Gasteiger partial charge on any atom is 0.124 e. The van der Waals surface area contributed by atoms with E-state index in [1.165, 1.54) is 12.1 Å². The van der Waals surface area contributed by atoms with Crippen molar-refractivity contribution in [3.63, 3.8) is 0 Å². The molecular weight excluding hydrogens is 332 g/mol. The molecule has 0 amide bonds. The smallest absolute Gasteiger partial charge is 0.124 e. The number of hydrogen-bond donors (Lipinski definition) is 1. The molecule has 1 aliphatic heterocycles. The Balaban J connectivity index is 1.90. The molecule has 1 N–H and O–H groups in total. The highest BCUT2D eigenvalue weighted by Gasteiger charge is 2.31. The lowest BCUT2D eigenvalue weighted by Gasteiger charge is -2.20. The summed E-state index contributed by atoms with van der Waals surface area (Å²) < 4.78 is 19.7. The van der Waals surface area contributed by atoms with E-state index in [2.05, 4.69) is 41.8 Å². The van der Waals surface area contributed by atoms with Crippen LogP contribution in [-0.2, 0) is 4.74 Å². The molecule has 0 aromatic heterocycles. The minimum atomic E-state index is -0.196. The average Bonchev–Trinajstić information content (AvgIpc) is 2.57. The molecule has 1 heterocycles. The van der Waals surface area contributed by atoms with Crippen LogP contribution in [-0.4, -0.2) is 18.2 Å². The van der Waals surface area contributed by atoms with Gasteiger partial charge < -0.3 is 10.1 Å². The van der Waals surface area contributed by atoms with E-state index in [-0.39, 0.29) is 17.5 Å². The Kier molecular flexibility index (Phi) is 3.92. The van der Waals surface area contributed by atoms with Gasteiger partial charge in [-0.2, -0.15) is 0 Å². The second-order valence-corrected chi connectivity index (χ2v) is 6.21. The van der Waals surface area contributed by atoms with Crippen molar-refractivity contribution in [2.45, 2.75) is 38.4 Å². The molecule has 0 radical (unpaired) electrons. The zero-order chi connectivity index (χ0) is 12.5. The second-order valence-electron chi connectivity index (χ2n) is 5.04. The summed E-state index contributed by atoms with van der Waals surface area (Å²) in [7, 11) is 0. The summed E-state index contributed by atoms with van der Waals surface area (Å²) in [4.78, 5) is 0. The van der Waals surface area contributed by atoms with Gasteiger partial charge in [0.05, 0.1) is 11.7 Å². The molecule has 1 unspecified atom stereocenters. The van der Waals surface area contributed by atoms with Gasteiger partial charge in [-0.3, -0.25) is 0 Å². The van der Waals surface area contributed by atoms with Crippen molar-refractivity contribution in [3.8, 4) is 0 Å². The van der Waals surface area contributed by atoms with E-state index in [0.29, 0.717) is 0 Å². The number of hydrogen-bond acceptors (Lipinski definition) is 2. The van der Waals surface area contributed by atoms with Crippen molar-refractivity contribution >= 4 is 28.3 Å². The molecule has 1 aromatic carbocycles. The quantitative estimate of drug-likeness (QED) is 0.839. The Morgan fingerprint density at radius 1 is 1.53 bits per heavy atom. The first-order valence-corrected chi connectivity index (χ1v) is 6.91. The lowest BCUT2D eigenvalue weighted by molar-refractivity contribution is -0.00911. The predicted octanol–water partition coefficient (Wildman–Crippen LogP) is 3.80. The van der Waals surface area contributed by atoms with Crippen LogP contribution in [0.4, 0.5) is 10.1 Å². The van der Waals surface area contributed by atoms with Crippen LogP contribution in [0.5, 0.6) is 0 Å². The number of rotatable bonds is 3. The van der Waals surface area contributed by atoms with Crippen molar-refractivity contribution in [2.24, 2.45) is 0 Å². The van der Waals surface area contributed by atoms with Gasteiger partial charge >= 0.3 is 0 Å². The third-order valence-electron chi connectivity index (χ3n) is 3.01. The Bertz CT molecular complexity index is 408. The highest BCUT2D eigenvalue weighted by atomic mass is 127. The number of anilines is 1. The maximum absolute atomic E-state index is 12.9. The SMILES string of the molecule is CC1(C)CCC(CNc2ccc(F)cc2I)O1. The molecule has 2 rings (SSSR count). The zero-order valence-corrected chi connectivity index (χ0v) is 12.3. The fraction of sp³-hybridized carbons (Fsp3) is 0.538. The monoisotopic (exact) mass is 349 g/mol. The molecule has 0 spiro atoms. The first-order valence-electron chi connectivity index (χ1n) is 5.83. The van der Waals surface area contributed by atoms with E-state index in [1.807, 2.05) is 0 Å². The summed E-state index contributed by atoms with van der Waals surface area (Å²) >= 11 is 2.14. The number of benzene rings is 1. The fourth-order valence-electron chi connectivity index (χ4n) is 2.08. The number of ether oxygens (including phenoxy) is 1. The Labute approximate surface area is 115 Å². The molecule has 94 valence electrons. The van der Waals surface area contributed by atoms with Crippen LogP contribution in [0.15, 0.2) is 18.2 Å². The minimum Gasteiger partial charge on any atom is -0.382 e. The minimum absolute atomic E-state index is 0.00228. The molecule has 17 heavy (non-hydrogen) atoms. The molecule has 1 aliphatic rings. The van der Waals surface area contributed by atoms with Crippen LogP contribution in [0, 0.1) is 9.39 Å². The second kappa shape index (κ2) is 5.10. The standard InChI is InChI=1S/C13H17FINO/c1-13(2)6-5-10(17-13)8-16-12-4-3-9(14)7-11(12)15/h3-4,7,10,16H,5-6,8H2,1-2H3. The summed E-state index contributed by atoms with van der Waals surface area (Å²) in [5, 5.41) is 3.32. The molecule has 0 bridgehead atoms. The highest BCUT2D eigenvalue weighted by molar-refractivity contribution is 14.1. The third kappa shape index (κ3) is 3.55. The summed E-state index contributed by atoms with van der Waals surface area (Å²) in [6, 6.07) is 4.78. The fourth-order valence-corrected chi connectivity index (χ4v) is 2.75. The molecule has 1 atom stereocenters. The third-order valence-corrected chi connectivity index (χ3v) is 3.90. The van der Waals surface area contributed by atoms with Crippen molar-refractivity contribution in [1.82, 2.24) is 0 Å². The molecular formula is C13H17FINO. The van der Waals surface area contributed by atoms with Crippen LogP contribution in [0.1, 0.15) is 26.7 Å². The van der Waals surface area contributed by atoms with Gasteiger partial charge in [-0.1, -0.05) is 0 Å². The zero-order valence-electron chi connectivity index (χ0n) is 10.1. The molecule has 0 aliphatic carbocycles. The lowest BCUT2D eigenvalue weighted by Crippen LogP contribution is -2.25. The van der Waals surface area contributed by atoms with Crippen LogP contribution >= 0.6 is 22.6 Å². The summed E-state index contributed by atoms with van der Waals surface area (Å²) in [5.41, 5.74) is 0.975. The van der Waals surface area contributed by atoms with Crippen molar-refractivity contribution < 1.29 is 9.13 Å². The predicted molar refractivity (Wildman–Crippen MR) is 75.8 cm³/mol. The van der Waals surface area contributed by atoms with Gasteiger partial charge in [0, 0.05) is 15.8 Å². The molecule has 1 fully saturated rings. The van der Waals surface area contributed by atoms with E-state index in [0.717, 1.165) is 28.6 Å². The maximum atomic E-state index is 12.9.